The van der Waals surface area contributed by atoms with E-state index in [0.29, 0.717) is 17.1 Å². The van der Waals surface area contributed by atoms with Crippen molar-refractivity contribution in [1.82, 2.24) is 4.90 Å². The second kappa shape index (κ2) is 5.82. The highest BCUT2D eigenvalue weighted by Gasteiger charge is 2.15. The number of carbonyl (C=O) groups is 1. The highest BCUT2D eigenvalue weighted by atomic mass is 32.2. The van der Waals surface area contributed by atoms with Crippen LogP contribution < -0.4 is 5.73 Å². The molecule has 4 nitrogen and oxygen atoms in total. The Morgan fingerprint density at radius 2 is 2.12 bits per heavy atom. The van der Waals surface area contributed by atoms with Gasteiger partial charge >= 0.3 is 0 Å². The van der Waals surface area contributed by atoms with Gasteiger partial charge in [-0.3, -0.25) is 9.00 Å². The maximum atomic E-state index is 12.0. The van der Waals surface area contributed by atoms with Crippen molar-refractivity contribution in [1.29, 1.82) is 0 Å². The van der Waals surface area contributed by atoms with Crippen LogP contribution in [0.4, 0.5) is 5.69 Å². The van der Waals surface area contributed by atoms with Crippen molar-refractivity contribution >= 4 is 22.4 Å². The average molecular weight is 254 g/mol. The lowest BCUT2D eigenvalue weighted by molar-refractivity contribution is -0.126. The number of hydrogen-bond donors (Lipinski definition) is 1. The fourth-order valence-electron chi connectivity index (χ4n) is 1.35. The van der Waals surface area contributed by atoms with Gasteiger partial charge in [0.05, 0.1) is 15.7 Å². The lowest BCUT2D eigenvalue weighted by Gasteiger charge is -2.14. The minimum absolute atomic E-state index is 0.0163. The van der Waals surface area contributed by atoms with Crippen molar-refractivity contribution in [3.63, 3.8) is 0 Å². The third kappa shape index (κ3) is 3.56. The van der Waals surface area contributed by atoms with E-state index in [1.54, 1.807) is 24.1 Å². The molecule has 0 aliphatic carbocycles. The van der Waals surface area contributed by atoms with Gasteiger partial charge < -0.3 is 10.6 Å². The third-order valence-electron chi connectivity index (χ3n) is 2.57. The summed E-state index contributed by atoms with van der Waals surface area (Å²) in [6.07, 6.45) is 0. The van der Waals surface area contributed by atoms with E-state index in [9.17, 15) is 9.00 Å². The standard InChI is InChI=1S/C12H18N2O2S/c1-4-14(3)12(15)8-17(16)11-6-5-9(2)7-10(11)13/h5-7H,4,8,13H2,1-3H3. The fourth-order valence-corrected chi connectivity index (χ4v) is 2.49. The number of nitrogens with zero attached hydrogens (tertiary/aromatic N) is 1. The Labute approximate surface area is 104 Å². The summed E-state index contributed by atoms with van der Waals surface area (Å²) in [5.74, 6) is -0.150. The molecule has 2 N–H and O–H groups in total. The minimum Gasteiger partial charge on any atom is -0.398 e. The number of hydrogen-bond acceptors (Lipinski definition) is 3. The molecule has 1 aromatic rings. The van der Waals surface area contributed by atoms with Gasteiger partial charge in [0.2, 0.25) is 5.91 Å². The Morgan fingerprint density at radius 1 is 1.47 bits per heavy atom. The van der Waals surface area contributed by atoms with Crippen molar-refractivity contribution in [3.8, 4) is 0 Å². The molecule has 94 valence electrons. The maximum Gasteiger partial charge on any atom is 0.235 e. The summed E-state index contributed by atoms with van der Waals surface area (Å²) in [5.41, 5.74) is 7.28. The Hall–Kier alpha value is -1.36. The highest BCUT2D eigenvalue weighted by molar-refractivity contribution is 7.86. The van der Waals surface area contributed by atoms with Gasteiger partial charge in [0.25, 0.3) is 0 Å². The van der Waals surface area contributed by atoms with Crippen molar-refractivity contribution in [2.24, 2.45) is 0 Å². The molecular formula is C12H18N2O2S. The van der Waals surface area contributed by atoms with Gasteiger partial charge in [0.1, 0.15) is 5.75 Å². The van der Waals surface area contributed by atoms with Crippen molar-refractivity contribution < 1.29 is 9.00 Å². The van der Waals surface area contributed by atoms with E-state index in [0.717, 1.165) is 5.56 Å². The number of rotatable bonds is 4. The lowest BCUT2D eigenvalue weighted by Crippen LogP contribution is -2.30. The summed E-state index contributed by atoms with van der Waals surface area (Å²) in [6, 6.07) is 5.33. The van der Waals surface area contributed by atoms with Crippen molar-refractivity contribution in [3.05, 3.63) is 23.8 Å². The molecule has 1 unspecified atom stereocenters. The molecule has 0 fully saturated rings. The van der Waals surface area contributed by atoms with E-state index >= 15 is 0 Å². The van der Waals surface area contributed by atoms with E-state index < -0.39 is 10.8 Å². The van der Waals surface area contributed by atoms with Gasteiger partial charge in [-0.05, 0) is 31.5 Å². The van der Waals surface area contributed by atoms with Crippen molar-refractivity contribution in [2.75, 3.05) is 25.1 Å². The van der Waals surface area contributed by atoms with Gasteiger partial charge in [0.15, 0.2) is 0 Å². The number of anilines is 1. The van der Waals surface area contributed by atoms with Crippen LogP contribution in [-0.4, -0.2) is 34.4 Å². The number of aryl methyl sites for hydroxylation is 1. The molecule has 0 aromatic heterocycles. The van der Waals surface area contributed by atoms with E-state index in [-0.39, 0.29) is 11.7 Å². The van der Waals surface area contributed by atoms with Crippen LogP contribution >= 0.6 is 0 Å². The Kier molecular flexibility index (Phi) is 4.69. The van der Waals surface area contributed by atoms with Gasteiger partial charge in [0, 0.05) is 19.3 Å². The number of benzene rings is 1. The molecule has 1 amide bonds. The Balaban J connectivity index is 2.80. The monoisotopic (exact) mass is 254 g/mol. The van der Waals surface area contributed by atoms with Crippen LogP contribution in [0, 0.1) is 6.92 Å². The van der Waals surface area contributed by atoms with Crippen LogP contribution in [-0.2, 0) is 15.6 Å². The molecule has 1 atom stereocenters. The first-order valence-corrected chi connectivity index (χ1v) is 6.76. The quantitative estimate of drug-likeness (QED) is 0.820. The Bertz CT molecular complexity index is 446. The molecule has 0 saturated heterocycles. The molecule has 0 bridgehead atoms. The second-order valence-electron chi connectivity index (χ2n) is 3.94. The van der Waals surface area contributed by atoms with Crippen LogP contribution in [0.5, 0.6) is 0 Å². The zero-order chi connectivity index (χ0) is 13.0. The average Bonchev–Trinajstić information content (AvgIpc) is 2.27. The van der Waals surface area contributed by atoms with Gasteiger partial charge in [-0.2, -0.15) is 0 Å². The fraction of sp³-hybridized carbons (Fsp3) is 0.417. The second-order valence-corrected chi connectivity index (χ2v) is 5.36. The topological polar surface area (TPSA) is 63.4 Å². The SMILES string of the molecule is CCN(C)C(=O)CS(=O)c1ccc(C)cc1N. The first-order valence-electron chi connectivity index (χ1n) is 5.44. The molecule has 0 aliphatic rings. The van der Waals surface area contributed by atoms with E-state index in [4.69, 9.17) is 5.73 Å². The molecular weight excluding hydrogens is 236 g/mol. The number of amides is 1. The van der Waals surface area contributed by atoms with Crippen molar-refractivity contribution in [2.45, 2.75) is 18.7 Å². The summed E-state index contributed by atoms with van der Waals surface area (Å²) < 4.78 is 12.0. The van der Waals surface area contributed by atoms with Crippen LogP contribution in [0.25, 0.3) is 0 Å². The molecule has 0 saturated carbocycles. The molecule has 0 radical (unpaired) electrons. The molecule has 17 heavy (non-hydrogen) atoms. The van der Waals surface area contributed by atoms with E-state index in [1.165, 1.54) is 0 Å². The van der Waals surface area contributed by atoms with E-state index in [2.05, 4.69) is 0 Å². The van der Waals surface area contributed by atoms with Gasteiger partial charge in [-0.25, -0.2) is 0 Å². The number of carbonyl (C=O) groups excluding carboxylic acids is 1. The normalized spacial score (nSPS) is 12.2. The molecule has 0 aliphatic heterocycles. The minimum atomic E-state index is -1.37. The molecule has 5 heteroatoms. The summed E-state index contributed by atoms with van der Waals surface area (Å²) in [4.78, 5) is 13.7. The predicted octanol–water partition coefficient (Wildman–Crippen LogP) is 1.16. The molecule has 0 spiro atoms. The van der Waals surface area contributed by atoms with E-state index in [1.807, 2.05) is 19.9 Å². The molecule has 1 aromatic carbocycles. The first kappa shape index (κ1) is 13.7. The van der Waals surface area contributed by atoms with Crippen LogP contribution in [0.1, 0.15) is 12.5 Å². The van der Waals surface area contributed by atoms with Crippen LogP contribution in [0.3, 0.4) is 0 Å². The smallest absolute Gasteiger partial charge is 0.235 e. The largest absolute Gasteiger partial charge is 0.398 e. The summed E-state index contributed by atoms with van der Waals surface area (Å²) in [7, 11) is 0.321. The van der Waals surface area contributed by atoms with Gasteiger partial charge in [-0.15, -0.1) is 0 Å². The van der Waals surface area contributed by atoms with Gasteiger partial charge in [-0.1, -0.05) is 6.07 Å². The lowest BCUT2D eigenvalue weighted by atomic mass is 10.2. The zero-order valence-corrected chi connectivity index (χ0v) is 11.2. The third-order valence-corrected chi connectivity index (χ3v) is 3.94. The van der Waals surface area contributed by atoms with Crippen LogP contribution in [0.15, 0.2) is 23.1 Å². The molecule has 0 heterocycles. The Morgan fingerprint density at radius 3 is 2.65 bits per heavy atom. The number of nitrogen functional groups attached to an aromatic ring is 1. The number of nitrogens with two attached hydrogens (primary N) is 1. The predicted molar refractivity (Wildman–Crippen MR) is 70.2 cm³/mol. The first-order chi connectivity index (χ1) is 7.95. The zero-order valence-electron chi connectivity index (χ0n) is 10.4. The molecule has 1 rings (SSSR count). The highest BCUT2D eigenvalue weighted by Crippen LogP contribution is 2.18. The summed E-state index contributed by atoms with van der Waals surface area (Å²) in [5, 5.41) is 0. The summed E-state index contributed by atoms with van der Waals surface area (Å²) >= 11 is 0. The maximum absolute atomic E-state index is 12.0. The van der Waals surface area contributed by atoms with Crippen LogP contribution in [0.2, 0.25) is 0 Å². The summed E-state index contributed by atoms with van der Waals surface area (Å²) in [6.45, 7) is 4.40.